The second kappa shape index (κ2) is 6.58. The van der Waals surface area contributed by atoms with Crippen molar-refractivity contribution in [1.82, 2.24) is 0 Å². The van der Waals surface area contributed by atoms with E-state index < -0.39 is 16.5 Å². The van der Waals surface area contributed by atoms with E-state index >= 15 is 0 Å². The van der Waals surface area contributed by atoms with Crippen molar-refractivity contribution in [2.45, 2.75) is 0 Å². The zero-order valence-corrected chi connectivity index (χ0v) is 7.52. The summed E-state index contributed by atoms with van der Waals surface area (Å²) in [5, 5.41) is 0. The maximum Gasteiger partial charge on any atom is 0.326 e. The molecule has 0 aromatic heterocycles. The molecule has 6 nitrogen and oxygen atoms in total. The molecule has 0 fully saturated rings. The largest absolute Gasteiger partial charge is 0.405 e. The number of rotatable bonds is 5. The van der Waals surface area contributed by atoms with Crippen molar-refractivity contribution in [2.75, 3.05) is 6.61 Å². The first kappa shape index (κ1) is 10.9. The van der Waals surface area contributed by atoms with Gasteiger partial charge in [0, 0.05) is 0 Å². The molecule has 0 aliphatic heterocycles. The van der Waals surface area contributed by atoms with Gasteiger partial charge in [0.1, 0.15) is 0 Å². The number of hydrogen-bond acceptors (Lipinski definition) is 5. The molecule has 0 aromatic carbocycles. The summed E-state index contributed by atoms with van der Waals surface area (Å²) in [6.07, 6.45) is 2.59. The molecule has 0 radical (unpaired) electrons. The predicted octanol–water partition coefficient (Wildman–Crippen LogP) is 0.264. The highest BCUT2D eigenvalue weighted by molar-refractivity contribution is 7.47. The molecule has 2 atom stereocenters. The van der Waals surface area contributed by atoms with Crippen LogP contribution in [-0.2, 0) is 18.0 Å². The Morgan fingerprint density at radius 2 is 2.18 bits per heavy atom. The Labute approximate surface area is 64.9 Å². The van der Waals surface area contributed by atoms with E-state index in [4.69, 9.17) is 10.6 Å². The molecule has 0 aliphatic carbocycles. The molecule has 8 heteroatoms. The fourth-order valence-electron chi connectivity index (χ4n) is 0.272. The minimum absolute atomic E-state index is 0.00342. The maximum atomic E-state index is 10.5. The van der Waals surface area contributed by atoms with Crippen LogP contribution in [0.3, 0.4) is 0 Å². The Bertz CT molecular complexity index is 181. The van der Waals surface area contributed by atoms with Gasteiger partial charge >= 0.3 is 16.5 Å². The second-order valence-electron chi connectivity index (χ2n) is 1.36. The molecule has 0 heterocycles. The van der Waals surface area contributed by atoms with Gasteiger partial charge in [0.2, 0.25) is 0 Å². The van der Waals surface area contributed by atoms with Gasteiger partial charge in [0.25, 0.3) is 0 Å². The molecule has 66 valence electrons. The van der Waals surface area contributed by atoms with Crippen molar-refractivity contribution in [1.29, 1.82) is 0 Å². The average molecular weight is 201 g/mol. The second-order valence-corrected chi connectivity index (χ2v) is 3.49. The Morgan fingerprint density at radius 3 is 2.64 bits per heavy atom. The van der Waals surface area contributed by atoms with Gasteiger partial charge in [-0.15, -0.1) is 0 Å². The number of nitrogens with two attached hydrogens (primary N) is 1. The molecule has 11 heavy (non-hydrogen) atoms. The zero-order chi connectivity index (χ0) is 8.69. The topological polar surface area (TPSA) is 98.9 Å². The third-order valence-electron chi connectivity index (χ3n) is 0.604. The van der Waals surface area contributed by atoms with Crippen LogP contribution in [0.25, 0.3) is 0 Å². The van der Waals surface area contributed by atoms with E-state index in [0.717, 1.165) is 0 Å². The fraction of sp³-hybridized carbons (Fsp3) is 0.333. The monoisotopic (exact) mass is 201 g/mol. The van der Waals surface area contributed by atoms with E-state index in [2.05, 4.69) is 8.83 Å². The Hall–Kier alpha value is -0.120. The molecule has 0 spiro atoms. The van der Waals surface area contributed by atoms with Crippen molar-refractivity contribution >= 4 is 16.5 Å². The summed E-state index contributed by atoms with van der Waals surface area (Å²) in [6, 6.07) is 0. The Morgan fingerprint density at radius 1 is 1.55 bits per heavy atom. The van der Waals surface area contributed by atoms with E-state index in [-0.39, 0.29) is 6.61 Å². The van der Waals surface area contributed by atoms with Crippen LogP contribution in [0.15, 0.2) is 12.3 Å². The van der Waals surface area contributed by atoms with Crippen molar-refractivity contribution in [3.8, 4) is 0 Å². The van der Waals surface area contributed by atoms with Gasteiger partial charge < -0.3 is 15.2 Å². The summed E-state index contributed by atoms with van der Waals surface area (Å²) >= 11 is 0. The molecule has 0 aliphatic rings. The van der Waals surface area contributed by atoms with Crippen molar-refractivity contribution in [3.05, 3.63) is 12.3 Å². The molecule has 0 bridgehead atoms. The lowest BCUT2D eigenvalue weighted by atomic mass is 10.7. The molecule has 2 unspecified atom stereocenters. The van der Waals surface area contributed by atoms with Gasteiger partial charge in [0.05, 0.1) is 6.61 Å². The lowest BCUT2D eigenvalue weighted by molar-refractivity contribution is 0.307. The normalized spacial score (nSPS) is 16.8. The van der Waals surface area contributed by atoms with Gasteiger partial charge in [-0.2, -0.15) is 0 Å². The highest BCUT2D eigenvalue weighted by Gasteiger charge is 2.00. The summed E-state index contributed by atoms with van der Waals surface area (Å²) in [5.74, 6) is 0. The first-order valence-electron chi connectivity index (χ1n) is 2.61. The fourth-order valence-corrected chi connectivity index (χ4v) is 1.31. The summed E-state index contributed by atoms with van der Waals surface area (Å²) in [5.41, 5.74) is 4.92. The van der Waals surface area contributed by atoms with Crippen LogP contribution < -0.4 is 5.73 Å². The standard InChI is InChI=1S/C3H9NO5P2/c4-2-1-3-8-11(7)9-10(5)6/h1-2,10-11H,3-4H2,(H,5,6). The van der Waals surface area contributed by atoms with Gasteiger partial charge in [0.15, 0.2) is 0 Å². The van der Waals surface area contributed by atoms with Gasteiger partial charge in [-0.25, -0.2) is 4.31 Å². The van der Waals surface area contributed by atoms with Crippen LogP contribution in [-0.4, -0.2) is 11.5 Å². The molecule has 3 N–H and O–H groups in total. The summed E-state index contributed by atoms with van der Waals surface area (Å²) in [4.78, 5) is 8.11. The predicted molar refractivity (Wildman–Crippen MR) is 40.6 cm³/mol. The van der Waals surface area contributed by atoms with Crippen molar-refractivity contribution < 1.29 is 22.9 Å². The Balaban J connectivity index is 3.45. The van der Waals surface area contributed by atoms with Crippen LogP contribution in [0.2, 0.25) is 0 Å². The van der Waals surface area contributed by atoms with Crippen LogP contribution >= 0.6 is 16.5 Å². The van der Waals surface area contributed by atoms with Gasteiger partial charge in [-0.05, 0) is 12.3 Å². The number of hydrogen-bond donors (Lipinski definition) is 2. The van der Waals surface area contributed by atoms with E-state index in [1.807, 2.05) is 0 Å². The maximum absolute atomic E-state index is 10.5. The summed E-state index contributed by atoms with van der Waals surface area (Å²) < 4.78 is 28.7. The van der Waals surface area contributed by atoms with E-state index in [1.54, 1.807) is 0 Å². The third kappa shape index (κ3) is 7.78. The quantitative estimate of drug-likeness (QED) is 0.619. The molecule has 0 amide bonds. The van der Waals surface area contributed by atoms with Crippen molar-refractivity contribution in [2.24, 2.45) is 5.73 Å². The van der Waals surface area contributed by atoms with Gasteiger partial charge in [-0.3, -0.25) is 9.13 Å². The third-order valence-corrected chi connectivity index (χ3v) is 2.37. The van der Waals surface area contributed by atoms with E-state index in [9.17, 15) is 9.13 Å². The molecular formula is C3H9NO5P2. The highest BCUT2D eigenvalue weighted by atomic mass is 31.2. The summed E-state index contributed by atoms with van der Waals surface area (Å²) in [7, 11) is -6.00. The smallest absolute Gasteiger partial charge is 0.326 e. The summed E-state index contributed by atoms with van der Waals surface area (Å²) in [6.45, 7) is 0.00342. The molecule has 0 saturated heterocycles. The zero-order valence-electron chi connectivity index (χ0n) is 5.52. The molecule has 0 saturated carbocycles. The van der Waals surface area contributed by atoms with Crippen LogP contribution in [0, 0.1) is 0 Å². The minimum atomic E-state index is -3.17. The molecule has 0 aromatic rings. The van der Waals surface area contributed by atoms with Crippen LogP contribution in [0.5, 0.6) is 0 Å². The first-order chi connectivity index (χ1) is 5.16. The van der Waals surface area contributed by atoms with E-state index in [1.165, 1.54) is 12.3 Å². The lowest BCUT2D eigenvalue weighted by Gasteiger charge is -1.98. The lowest BCUT2D eigenvalue weighted by Crippen LogP contribution is -1.83. The van der Waals surface area contributed by atoms with Crippen LogP contribution in [0.1, 0.15) is 0 Å². The van der Waals surface area contributed by atoms with Crippen molar-refractivity contribution in [3.63, 3.8) is 0 Å². The highest BCUT2D eigenvalue weighted by Crippen LogP contribution is 2.35. The first-order valence-corrected chi connectivity index (χ1v) is 5.10. The Kier molecular flexibility index (Phi) is 6.51. The van der Waals surface area contributed by atoms with Gasteiger partial charge in [-0.1, -0.05) is 0 Å². The van der Waals surface area contributed by atoms with Crippen LogP contribution in [0.4, 0.5) is 0 Å². The SMILES string of the molecule is NC=CCO[PH](=O)O[PH](=O)O. The molecule has 0 rings (SSSR count). The molecular weight excluding hydrogens is 192 g/mol. The van der Waals surface area contributed by atoms with E-state index in [0.29, 0.717) is 0 Å². The average Bonchev–Trinajstić information content (AvgIpc) is 1.86. The minimum Gasteiger partial charge on any atom is -0.405 e.